The van der Waals surface area contributed by atoms with E-state index in [9.17, 15) is 0 Å². The molecule has 0 spiro atoms. The van der Waals surface area contributed by atoms with Crippen LogP contribution in [0.15, 0.2) is 6.33 Å². The minimum atomic E-state index is 0.270. The first-order valence-electron chi connectivity index (χ1n) is 4.35. The average molecular weight is 167 g/mol. The van der Waals surface area contributed by atoms with Gasteiger partial charge in [0.05, 0.1) is 12.0 Å². The number of hydrogen-bond acceptors (Lipinski definition) is 2. The van der Waals surface area contributed by atoms with E-state index < -0.39 is 0 Å². The van der Waals surface area contributed by atoms with Crippen LogP contribution in [0.4, 0.5) is 0 Å². The van der Waals surface area contributed by atoms with Gasteiger partial charge in [0.2, 0.25) is 0 Å². The van der Waals surface area contributed by atoms with Crippen LogP contribution in [0.5, 0.6) is 0 Å². The fraction of sp³-hybridized carbons (Fsp3) is 0.667. The topological polar surface area (TPSA) is 43.8 Å². The third-order valence-corrected chi connectivity index (χ3v) is 2.17. The largest absolute Gasteiger partial charge is 0.335 e. The van der Waals surface area contributed by atoms with Crippen molar-refractivity contribution in [2.24, 2.45) is 5.73 Å². The van der Waals surface area contributed by atoms with E-state index in [2.05, 4.69) is 16.5 Å². The van der Waals surface area contributed by atoms with Gasteiger partial charge in [-0.25, -0.2) is 4.98 Å². The second-order valence-corrected chi connectivity index (χ2v) is 3.37. The Morgan fingerprint density at radius 2 is 2.25 bits per heavy atom. The molecule has 0 bridgehead atoms. The molecule has 0 saturated carbocycles. The second kappa shape index (κ2) is 3.72. The maximum absolute atomic E-state index is 5.66. The molecule has 1 aromatic rings. The van der Waals surface area contributed by atoms with E-state index >= 15 is 0 Å². The summed E-state index contributed by atoms with van der Waals surface area (Å²) in [7, 11) is 0. The lowest BCUT2D eigenvalue weighted by Crippen LogP contribution is -2.17. The Morgan fingerprint density at radius 1 is 1.58 bits per heavy atom. The monoisotopic (exact) mass is 167 g/mol. The van der Waals surface area contributed by atoms with Gasteiger partial charge < -0.3 is 10.3 Å². The number of nitrogens with zero attached hydrogens (tertiary/aromatic N) is 2. The van der Waals surface area contributed by atoms with Crippen LogP contribution in [0.3, 0.4) is 0 Å². The van der Waals surface area contributed by atoms with Crippen LogP contribution in [0.1, 0.15) is 24.7 Å². The van der Waals surface area contributed by atoms with Crippen LogP contribution in [-0.2, 0) is 6.54 Å². The highest BCUT2D eigenvalue weighted by atomic mass is 15.0. The Morgan fingerprint density at radius 3 is 2.67 bits per heavy atom. The maximum Gasteiger partial charge on any atom is 0.0951 e. The number of aromatic nitrogens is 2. The van der Waals surface area contributed by atoms with E-state index in [4.69, 9.17) is 5.73 Å². The number of imidazole rings is 1. The third kappa shape index (κ3) is 2.08. The van der Waals surface area contributed by atoms with E-state index in [1.807, 2.05) is 20.2 Å². The number of hydrogen-bond donors (Lipinski definition) is 1. The summed E-state index contributed by atoms with van der Waals surface area (Å²) >= 11 is 0. The molecule has 1 heterocycles. The molecule has 0 aliphatic heterocycles. The lowest BCUT2D eigenvalue weighted by Gasteiger charge is -2.07. The van der Waals surface area contributed by atoms with Crippen molar-refractivity contribution in [2.45, 2.75) is 39.8 Å². The number of aryl methyl sites for hydroxylation is 2. The van der Waals surface area contributed by atoms with Crippen molar-refractivity contribution in [3.8, 4) is 0 Å². The summed E-state index contributed by atoms with van der Waals surface area (Å²) in [6, 6.07) is 0.270. The Bertz CT molecular complexity index is 250. The third-order valence-electron chi connectivity index (χ3n) is 2.17. The van der Waals surface area contributed by atoms with Crippen molar-refractivity contribution < 1.29 is 0 Å². The Balaban J connectivity index is 2.58. The van der Waals surface area contributed by atoms with Crippen molar-refractivity contribution in [1.82, 2.24) is 9.55 Å². The molecule has 0 radical (unpaired) electrons. The van der Waals surface area contributed by atoms with Crippen molar-refractivity contribution in [3.05, 3.63) is 17.7 Å². The Kier molecular flexibility index (Phi) is 2.87. The summed E-state index contributed by atoms with van der Waals surface area (Å²) in [5, 5.41) is 0. The summed E-state index contributed by atoms with van der Waals surface area (Å²) in [5.74, 6) is 0. The molecule has 1 unspecified atom stereocenters. The minimum Gasteiger partial charge on any atom is -0.335 e. The quantitative estimate of drug-likeness (QED) is 0.736. The molecular formula is C9H17N3. The molecule has 2 N–H and O–H groups in total. The van der Waals surface area contributed by atoms with Crippen LogP contribution in [0, 0.1) is 13.8 Å². The summed E-state index contributed by atoms with van der Waals surface area (Å²) in [6.07, 6.45) is 2.89. The van der Waals surface area contributed by atoms with Gasteiger partial charge in [0, 0.05) is 18.3 Å². The number of nitrogens with two attached hydrogens (primary N) is 1. The Labute approximate surface area is 73.6 Å². The molecule has 0 aromatic carbocycles. The summed E-state index contributed by atoms with van der Waals surface area (Å²) in [4.78, 5) is 4.22. The molecule has 0 amide bonds. The van der Waals surface area contributed by atoms with E-state index in [0.29, 0.717) is 0 Å². The highest BCUT2D eigenvalue weighted by molar-refractivity contribution is 5.08. The van der Waals surface area contributed by atoms with Gasteiger partial charge in [-0.05, 0) is 27.2 Å². The SMILES string of the molecule is Cc1ncn(CCC(C)N)c1C. The molecular weight excluding hydrogens is 150 g/mol. The molecule has 1 aromatic heterocycles. The van der Waals surface area contributed by atoms with E-state index in [0.717, 1.165) is 18.7 Å². The highest BCUT2D eigenvalue weighted by Crippen LogP contribution is 2.05. The molecule has 1 rings (SSSR count). The van der Waals surface area contributed by atoms with Gasteiger partial charge in [-0.15, -0.1) is 0 Å². The van der Waals surface area contributed by atoms with Crippen molar-refractivity contribution >= 4 is 0 Å². The molecule has 1 atom stereocenters. The molecule has 0 aliphatic carbocycles. The lowest BCUT2D eigenvalue weighted by molar-refractivity contribution is 0.562. The van der Waals surface area contributed by atoms with Gasteiger partial charge in [0.25, 0.3) is 0 Å². The predicted octanol–water partition coefficient (Wildman–Crippen LogP) is 1.24. The zero-order valence-corrected chi connectivity index (χ0v) is 8.04. The second-order valence-electron chi connectivity index (χ2n) is 3.37. The molecule has 0 saturated heterocycles. The maximum atomic E-state index is 5.66. The summed E-state index contributed by atoms with van der Waals surface area (Å²) in [5.41, 5.74) is 8.02. The minimum absolute atomic E-state index is 0.270. The van der Waals surface area contributed by atoms with Gasteiger partial charge in [0.15, 0.2) is 0 Å². The Hall–Kier alpha value is -0.830. The van der Waals surface area contributed by atoms with Crippen LogP contribution < -0.4 is 5.73 Å². The van der Waals surface area contributed by atoms with E-state index in [1.165, 1.54) is 5.69 Å². The van der Waals surface area contributed by atoms with Crippen LogP contribution >= 0.6 is 0 Å². The highest BCUT2D eigenvalue weighted by Gasteiger charge is 2.01. The predicted molar refractivity (Wildman–Crippen MR) is 50.0 cm³/mol. The van der Waals surface area contributed by atoms with E-state index in [1.54, 1.807) is 0 Å². The van der Waals surface area contributed by atoms with Crippen molar-refractivity contribution in [2.75, 3.05) is 0 Å². The summed E-state index contributed by atoms with van der Waals surface area (Å²) in [6.45, 7) is 7.12. The fourth-order valence-corrected chi connectivity index (χ4v) is 1.11. The van der Waals surface area contributed by atoms with Crippen LogP contribution in [0.2, 0.25) is 0 Å². The molecule has 0 fully saturated rings. The standard InChI is InChI=1S/C9H17N3/c1-7(10)4-5-12-6-11-8(2)9(12)3/h6-7H,4-5,10H2,1-3H3. The molecule has 3 nitrogen and oxygen atoms in total. The lowest BCUT2D eigenvalue weighted by atomic mass is 10.2. The molecule has 12 heavy (non-hydrogen) atoms. The number of rotatable bonds is 3. The first-order valence-corrected chi connectivity index (χ1v) is 4.35. The normalized spacial score (nSPS) is 13.3. The summed E-state index contributed by atoms with van der Waals surface area (Å²) < 4.78 is 2.15. The fourth-order valence-electron chi connectivity index (χ4n) is 1.11. The zero-order chi connectivity index (χ0) is 9.14. The van der Waals surface area contributed by atoms with E-state index in [-0.39, 0.29) is 6.04 Å². The zero-order valence-electron chi connectivity index (χ0n) is 8.04. The first kappa shape index (κ1) is 9.26. The molecule has 68 valence electrons. The van der Waals surface area contributed by atoms with Gasteiger partial charge in [-0.3, -0.25) is 0 Å². The van der Waals surface area contributed by atoms with Gasteiger partial charge in [0.1, 0.15) is 0 Å². The van der Waals surface area contributed by atoms with Crippen molar-refractivity contribution in [3.63, 3.8) is 0 Å². The smallest absolute Gasteiger partial charge is 0.0951 e. The molecule has 3 heteroatoms. The van der Waals surface area contributed by atoms with Gasteiger partial charge in [-0.2, -0.15) is 0 Å². The van der Waals surface area contributed by atoms with Crippen LogP contribution in [-0.4, -0.2) is 15.6 Å². The average Bonchev–Trinajstić information content (AvgIpc) is 2.30. The van der Waals surface area contributed by atoms with Crippen molar-refractivity contribution in [1.29, 1.82) is 0 Å². The van der Waals surface area contributed by atoms with Gasteiger partial charge >= 0.3 is 0 Å². The van der Waals surface area contributed by atoms with Gasteiger partial charge in [-0.1, -0.05) is 0 Å². The first-order chi connectivity index (χ1) is 5.61. The molecule has 0 aliphatic rings. The van der Waals surface area contributed by atoms with Crippen LogP contribution in [0.25, 0.3) is 0 Å².